The number of hydrogen-bond acceptors (Lipinski definition) is 5. The van der Waals surface area contributed by atoms with Crippen LogP contribution >= 0.6 is 0 Å². The first-order valence-corrected chi connectivity index (χ1v) is 10.9. The van der Waals surface area contributed by atoms with Crippen LogP contribution in [0.1, 0.15) is 53.5 Å². The molecule has 2 aromatic carbocycles. The van der Waals surface area contributed by atoms with E-state index in [0.29, 0.717) is 13.0 Å². The van der Waals surface area contributed by atoms with Gasteiger partial charge in [0.2, 0.25) is 0 Å². The van der Waals surface area contributed by atoms with Gasteiger partial charge in [-0.2, -0.15) is 0 Å². The molecule has 0 heterocycles. The maximum atomic E-state index is 13.0. The van der Waals surface area contributed by atoms with Gasteiger partial charge in [-0.1, -0.05) is 53.2 Å². The number of Topliss-reactive ketones (excluding diaryl/α,β-unsaturated/α-hetero) is 2. The second-order valence-corrected chi connectivity index (χ2v) is 8.50. The lowest BCUT2D eigenvalue weighted by atomic mass is 9.86. The Bertz CT molecular complexity index is 1020. The normalized spacial score (nSPS) is 18.7. The number of carbonyl (C=O) groups is 3. The van der Waals surface area contributed by atoms with Gasteiger partial charge in [0.05, 0.1) is 0 Å². The molecule has 2 unspecified atom stereocenters. The third-order valence-electron chi connectivity index (χ3n) is 5.87. The molecule has 32 heavy (non-hydrogen) atoms. The minimum Gasteiger partial charge on any atom is -0.391 e. The van der Waals surface area contributed by atoms with Crippen molar-refractivity contribution in [1.29, 1.82) is 0 Å². The first kappa shape index (κ1) is 23.4. The van der Waals surface area contributed by atoms with E-state index in [1.165, 1.54) is 0 Å². The number of nitrogens with one attached hydrogen (secondary N) is 1. The van der Waals surface area contributed by atoms with Crippen LogP contribution in [-0.2, 0) is 25.8 Å². The van der Waals surface area contributed by atoms with Gasteiger partial charge in [0, 0.05) is 18.9 Å². The number of amides is 1. The molecule has 168 valence electrons. The van der Waals surface area contributed by atoms with Crippen LogP contribution in [0.15, 0.2) is 47.6 Å². The summed E-state index contributed by atoms with van der Waals surface area (Å²) in [5.41, 5.74) is 5.08. The smallest absolute Gasteiger partial charge is 0.268 e. The van der Waals surface area contributed by atoms with E-state index in [-0.39, 0.29) is 42.1 Å². The molecular weight excluding hydrogens is 404 g/mol. The third-order valence-corrected chi connectivity index (χ3v) is 5.87. The molecule has 6 heteroatoms. The van der Waals surface area contributed by atoms with Gasteiger partial charge < -0.3 is 10.2 Å². The van der Waals surface area contributed by atoms with E-state index in [1.54, 1.807) is 6.92 Å². The molecule has 0 spiro atoms. The number of ketones is 2. The van der Waals surface area contributed by atoms with E-state index in [9.17, 15) is 14.4 Å². The third kappa shape index (κ3) is 5.49. The number of rotatable bonds is 8. The summed E-state index contributed by atoms with van der Waals surface area (Å²) in [5, 5.41) is 6.62. The van der Waals surface area contributed by atoms with Crippen LogP contribution in [0.2, 0.25) is 0 Å². The average Bonchev–Trinajstić information content (AvgIpc) is 3.01. The Labute approximate surface area is 189 Å². The van der Waals surface area contributed by atoms with Crippen LogP contribution in [0.25, 0.3) is 0 Å². The van der Waals surface area contributed by atoms with Crippen LogP contribution in [0.4, 0.5) is 0 Å². The Balaban J connectivity index is 1.52. The van der Waals surface area contributed by atoms with E-state index < -0.39 is 5.92 Å². The van der Waals surface area contributed by atoms with Crippen molar-refractivity contribution < 1.29 is 19.2 Å². The maximum Gasteiger partial charge on any atom is 0.268 e. The predicted octanol–water partition coefficient (Wildman–Crippen LogP) is 3.95. The van der Waals surface area contributed by atoms with Crippen molar-refractivity contribution in [3.8, 4) is 0 Å². The Morgan fingerprint density at radius 1 is 1.09 bits per heavy atom. The maximum absolute atomic E-state index is 13.0. The van der Waals surface area contributed by atoms with E-state index in [2.05, 4.69) is 10.5 Å². The highest BCUT2D eigenvalue weighted by molar-refractivity contribution is 6.37. The quantitative estimate of drug-likeness (QED) is 0.387. The largest absolute Gasteiger partial charge is 0.391 e. The fourth-order valence-corrected chi connectivity index (χ4v) is 4.36. The molecule has 0 bridgehead atoms. The zero-order valence-electron chi connectivity index (χ0n) is 19.1. The summed E-state index contributed by atoms with van der Waals surface area (Å²) in [6.07, 6.45) is 0.647. The summed E-state index contributed by atoms with van der Waals surface area (Å²) in [7, 11) is 0. The van der Waals surface area contributed by atoms with Gasteiger partial charge in [-0.15, -0.1) is 0 Å². The molecule has 0 aliphatic heterocycles. The molecule has 2 atom stereocenters. The number of nitrogens with zero attached hydrogens (tertiary/aromatic N) is 1. The molecule has 1 aliphatic carbocycles. The van der Waals surface area contributed by atoms with E-state index in [4.69, 9.17) is 4.84 Å². The van der Waals surface area contributed by atoms with Crippen molar-refractivity contribution in [1.82, 2.24) is 5.32 Å². The van der Waals surface area contributed by atoms with Crippen molar-refractivity contribution in [3.05, 3.63) is 70.3 Å². The van der Waals surface area contributed by atoms with Crippen LogP contribution in [0.3, 0.4) is 0 Å². The lowest BCUT2D eigenvalue weighted by molar-refractivity contribution is -0.125. The molecule has 1 saturated carbocycles. The van der Waals surface area contributed by atoms with Gasteiger partial charge in [0.25, 0.3) is 5.91 Å². The fourth-order valence-electron chi connectivity index (χ4n) is 4.36. The second kappa shape index (κ2) is 10.4. The van der Waals surface area contributed by atoms with E-state index >= 15 is 0 Å². The summed E-state index contributed by atoms with van der Waals surface area (Å²) < 4.78 is 0. The number of oxime groups is 1. The topological polar surface area (TPSA) is 84.8 Å². The Hall–Kier alpha value is -3.28. The van der Waals surface area contributed by atoms with E-state index in [0.717, 1.165) is 27.8 Å². The monoisotopic (exact) mass is 434 g/mol. The van der Waals surface area contributed by atoms with Crippen molar-refractivity contribution in [2.75, 3.05) is 6.54 Å². The van der Waals surface area contributed by atoms with Gasteiger partial charge in [-0.05, 0) is 56.4 Å². The summed E-state index contributed by atoms with van der Waals surface area (Å²) >= 11 is 0. The predicted molar refractivity (Wildman–Crippen MR) is 123 cm³/mol. The number of carbonyl (C=O) groups excluding carboxylic acids is 3. The average molecular weight is 435 g/mol. The Morgan fingerprint density at radius 2 is 1.75 bits per heavy atom. The molecule has 1 fully saturated rings. The molecule has 0 radical (unpaired) electrons. The first-order valence-electron chi connectivity index (χ1n) is 10.9. The van der Waals surface area contributed by atoms with E-state index in [1.807, 2.05) is 63.2 Å². The van der Waals surface area contributed by atoms with Gasteiger partial charge in [0.15, 0.2) is 5.78 Å². The van der Waals surface area contributed by atoms with Gasteiger partial charge in [-0.25, -0.2) is 0 Å². The summed E-state index contributed by atoms with van der Waals surface area (Å²) in [6.45, 7) is 8.06. The minimum atomic E-state index is -0.689. The summed E-state index contributed by atoms with van der Waals surface area (Å²) in [6, 6.07) is 13.6. The van der Waals surface area contributed by atoms with Crippen LogP contribution in [0, 0.1) is 26.7 Å². The molecule has 3 rings (SSSR count). The van der Waals surface area contributed by atoms with Crippen molar-refractivity contribution in [2.45, 2.75) is 53.1 Å². The van der Waals surface area contributed by atoms with Crippen LogP contribution in [-0.4, -0.2) is 29.7 Å². The van der Waals surface area contributed by atoms with Crippen molar-refractivity contribution in [2.24, 2.45) is 11.1 Å². The lowest BCUT2D eigenvalue weighted by Crippen LogP contribution is -2.32. The lowest BCUT2D eigenvalue weighted by Gasteiger charge is -2.16. The zero-order chi connectivity index (χ0) is 23.3. The van der Waals surface area contributed by atoms with Gasteiger partial charge in [0.1, 0.15) is 24.0 Å². The molecular formula is C26H30N2O4. The Kier molecular flexibility index (Phi) is 7.57. The van der Waals surface area contributed by atoms with Crippen LogP contribution in [0.5, 0.6) is 0 Å². The number of aryl methyl sites for hydroxylation is 3. The molecule has 1 amide bonds. The highest BCUT2D eigenvalue weighted by Gasteiger charge is 2.42. The fraction of sp³-hybridized carbons (Fsp3) is 0.385. The molecule has 1 N–H and O–H groups in total. The first-order chi connectivity index (χ1) is 15.3. The molecule has 0 saturated heterocycles. The van der Waals surface area contributed by atoms with Crippen LogP contribution < -0.4 is 5.32 Å². The standard InChI is InChI=1S/C26H30N2O4/c1-16-12-17(2)23(18(3)13-16)24-22(29)14-21(25(24)30)10-11-27-26(31)19(4)28-32-15-20-8-6-5-7-9-20/h5-9,12-13,21,24H,10-11,14-15H2,1-4H3,(H,27,31)/b28-19+. The van der Waals surface area contributed by atoms with Crippen molar-refractivity contribution >= 4 is 23.2 Å². The molecule has 2 aromatic rings. The SMILES string of the molecule is C/C(=N\OCc1ccccc1)C(=O)NCCC1CC(=O)C(c2c(C)cc(C)cc2C)C1=O. The minimum absolute atomic E-state index is 0.0339. The molecule has 1 aliphatic rings. The zero-order valence-corrected chi connectivity index (χ0v) is 19.1. The number of benzene rings is 2. The molecule has 6 nitrogen and oxygen atoms in total. The highest BCUT2D eigenvalue weighted by atomic mass is 16.6. The van der Waals surface area contributed by atoms with Gasteiger partial charge in [-0.3, -0.25) is 14.4 Å². The molecule has 0 aromatic heterocycles. The van der Waals surface area contributed by atoms with Crippen molar-refractivity contribution in [3.63, 3.8) is 0 Å². The second-order valence-electron chi connectivity index (χ2n) is 8.50. The Morgan fingerprint density at radius 3 is 2.41 bits per heavy atom. The highest BCUT2D eigenvalue weighted by Crippen LogP contribution is 2.37. The van der Waals surface area contributed by atoms with Gasteiger partial charge >= 0.3 is 0 Å². The summed E-state index contributed by atoms with van der Waals surface area (Å²) in [5.74, 6) is -1.49. The number of hydrogen-bond donors (Lipinski definition) is 1. The summed E-state index contributed by atoms with van der Waals surface area (Å²) in [4.78, 5) is 43.2.